The van der Waals surface area contributed by atoms with Crippen LogP contribution in [0.1, 0.15) is 36.7 Å². The molecule has 0 saturated heterocycles. The molecular weight excluding hydrogens is 326 g/mol. The number of benzene rings is 1. The first-order valence-corrected chi connectivity index (χ1v) is 7.80. The Kier molecular flexibility index (Phi) is 7.10. The van der Waals surface area contributed by atoms with Gasteiger partial charge in [-0.1, -0.05) is 31.5 Å². The van der Waals surface area contributed by atoms with Gasteiger partial charge in [0.25, 0.3) is 11.8 Å². The van der Waals surface area contributed by atoms with Crippen molar-refractivity contribution in [3.63, 3.8) is 0 Å². The van der Waals surface area contributed by atoms with Crippen molar-refractivity contribution >= 4 is 23.8 Å². The minimum absolute atomic E-state index is 0.270. The summed E-state index contributed by atoms with van der Waals surface area (Å²) in [4.78, 5) is 46.8. The fourth-order valence-corrected chi connectivity index (χ4v) is 1.95. The average Bonchev–Trinajstić information content (AvgIpc) is 2.51. The van der Waals surface area contributed by atoms with Gasteiger partial charge in [0.1, 0.15) is 6.04 Å². The summed E-state index contributed by atoms with van der Waals surface area (Å²) >= 11 is 0. The summed E-state index contributed by atoms with van der Waals surface area (Å²) in [5.74, 6) is -2.31. The highest BCUT2D eigenvalue weighted by Crippen LogP contribution is 2.09. The minimum atomic E-state index is -1.22. The van der Waals surface area contributed by atoms with Crippen molar-refractivity contribution in [3.05, 3.63) is 35.4 Å². The third-order valence-corrected chi connectivity index (χ3v) is 3.43. The van der Waals surface area contributed by atoms with Crippen LogP contribution < -0.4 is 16.4 Å². The number of primary amides is 1. The topological polar surface area (TPSA) is 128 Å². The van der Waals surface area contributed by atoms with Crippen LogP contribution in [-0.4, -0.2) is 36.0 Å². The maximum absolute atomic E-state index is 12.3. The lowest BCUT2D eigenvalue weighted by molar-refractivity contribution is -0.157. The molecule has 0 saturated carbocycles. The van der Waals surface area contributed by atoms with E-state index in [1.165, 1.54) is 6.92 Å². The molecule has 0 aromatic heterocycles. The van der Waals surface area contributed by atoms with E-state index >= 15 is 0 Å². The lowest BCUT2D eigenvalue weighted by Gasteiger charge is -2.22. The van der Waals surface area contributed by atoms with Gasteiger partial charge in [-0.15, -0.1) is 0 Å². The Balaban J connectivity index is 2.76. The summed E-state index contributed by atoms with van der Waals surface area (Å²) < 4.78 is 5.02. The van der Waals surface area contributed by atoms with Crippen molar-refractivity contribution in [1.82, 2.24) is 10.6 Å². The SMILES string of the molecule is Cc1ccc(C(=O)NC(C(=O)OC(C)C(=O)NC(N)=O)C(C)C)cc1. The quantitative estimate of drug-likeness (QED) is 0.657. The lowest BCUT2D eigenvalue weighted by atomic mass is 10.0. The second-order valence-electron chi connectivity index (χ2n) is 5.99. The lowest BCUT2D eigenvalue weighted by Crippen LogP contribution is -2.48. The molecule has 8 heteroatoms. The molecule has 0 radical (unpaired) electrons. The molecule has 2 atom stereocenters. The van der Waals surface area contributed by atoms with E-state index in [1.807, 2.05) is 12.2 Å². The molecule has 0 spiro atoms. The molecule has 0 aliphatic carbocycles. The van der Waals surface area contributed by atoms with Crippen LogP contribution in [0.15, 0.2) is 24.3 Å². The van der Waals surface area contributed by atoms with Crippen molar-refractivity contribution in [2.24, 2.45) is 11.7 Å². The molecule has 0 bridgehead atoms. The molecule has 1 aromatic rings. The van der Waals surface area contributed by atoms with Gasteiger partial charge in [0.05, 0.1) is 0 Å². The van der Waals surface area contributed by atoms with Crippen LogP contribution in [0.4, 0.5) is 4.79 Å². The molecule has 1 aromatic carbocycles. The Hall–Kier alpha value is -2.90. The molecule has 0 aliphatic heterocycles. The van der Waals surface area contributed by atoms with Crippen LogP contribution in [-0.2, 0) is 14.3 Å². The Morgan fingerprint density at radius 2 is 1.60 bits per heavy atom. The van der Waals surface area contributed by atoms with Crippen LogP contribution in [0.5, 0.6) is 0 Å². The van der Waals surface area contributed by atoms with Gasteiger partial charge in [-0.05, 0) is 31.9 Å². The van der Waals surface area contributed by atoms with Gasteiger partial charge in [-0.2, -0.15) is 0 Å². The first-order chi connectivity index (χ1) is 11.6. The van der Waals surface area contributed by atoms with E-state index in [-0.39, 0.29) is 5.92 Å². The van der Waals surface area contributed by atoms with Gasteiger partial charge < -0.3 is 15.8 Å². The number of amides is 4. The molecular formula is C17H23N3O5. The number of nitrogens with one attached hydrogen (secondary N) is 2. The van der Waals surface area contributed by atoms with Gasteiger partial charge in [0, 0.05) is 5.56 Å². The van der Waals surface area contributed by atoms with Crippen molar-refractivity contribution in [2.45, 2.75) is 39.8 Å². The average molecular weight is 349 g/mol. The van der Waals surface area contributed by atoms with Crippen molar-refractivity contribution in [3.8, 4) is 0 Å². The van der Waals surface area contributed by atoms with Gasteiger partial charge in [-0.3, -0.25) is 14.9 Å². The molecule has 1 rings (SSSR count). The number of esters is 1. The Bertz CT molecular complexity index is 655. The zero-order valence-corrected chi connectivity index (χ0v) is 14.7. The van der Waals surface area contributed by atoms with E-state index in [1.54, 1.807) is 38.1 Å². The smallest absolute Gasteiger partial charge is 0.329 e. The fraction of sp³-hybridized carbons (Fsp3) is 0.412. The molecule has 8 nitrogen and oxygen atoms in total. The molecule has 4 N–H and O–H groups in total. The highest BCUT2D eigenvalue weighted by molar-refractivity contribution is 5.98. The monoisotopic (exact) mass is 349 g/mol. The number of urea groups is 1. The summed E-state index contributed by atoms with van der Waals surface area (Å²) in [6.07, 6.45) is -1.22. The number of rotatable bonds is 6. The maximum atomic E-state index is 12.3. The van der Waals surface area contributed by atoms with E-state index in [0.717, 1.165) is 5.56 Å². The molecule has 0 aliphatic rings. The number of hydrogen-bond donors (Lipinski definition) is 3. The molecule has 2 unspecified atom stereocenters. The number of carbonyl (C=O) groups is 4. The number of imide groups is 1. The Morgan fingerprint density at radius 3 is 2.08 bits per heavy atom. The van der Waals surface area contributed by atoms with E-state index in [4.69, 9.17) is 10.5 Å². The molecule has 4 amide bonds. The second-order valence-corrected chi connectivity index (χ2v) is 5.99. The molecule has 0 fully saturated rings. The third kappa shape index (κ3) is 6.25. The molecule has 136 valence electrons. The summed E-state index contributed by atoms with van der Waals surface area (Å²) in [5, 5.41) is 4.42. The number of aryl methyl sites for hydroxylation is 1. The number of carbonyl (C=O) groups excluding carboxylic acids is 4. The van der Waals surface area contributed by atoms with Crippen LogP contribution in [0, 0.1) is 12.8 Å². The zero-order valence-electron chi connectivity index (χ0n) is 14.7. The van der Waals surface area contributed by atoms with Crippen molar-refractivity contribution in [1.29, 1.82) is 0 Å². The van der Waals surface area contributed by atoms with E-state index in [2.05, 4.69) is 5.32 Å². The highest BCUT2D eigenvalue weighted by atomic mass is 16.5. The van der Waals surface area contributed by atoms with Crippen LogP contribution in [0.3, 0.4) is 0 Å². The van der Waals surface area contributed by atoms with Gasteiger partial charge in [-0.25, -0.2) is 9.59 Å². The van der Waals surface area contributed by atoms with Crippen LogP contribution >= 0.6 is 0 Å². The fourth-order valence-electron chi connectivity index (χ4n) is 1.95. The van der Waals surface area contributed by atoms with Crippen LogP contribution in [0.2, 0.25) is 0 Å². The van der Waals surface area contributed by atoms with Gasteiger partial charge in [0.2, 0.25) is 0 Å². The Labute approximate surface area is 146 Å². The zero-order chi connectivity index (χ0) is 19.1. The minimum Gasteiger partial charge on any atom is -0.451 e. The Morgan fingerprint density at radius 1 is 1.04 bits per heavy atom. The number of hydrogen-bond acceptors (Lipinski definition) is 5. The van der Waals surface area contributed by atoms with Crippen LogP contribution in [0.25, 0.3) is 0 Å². The van der Waals surface area contributed by atoms with Gasteiger partial charge >= 0.3 is 12.0 Å². The van der Waals surface area contributed by atoms with E-state index < -0.39 is 36.0 Å². The van der Waals surface area contributed by atoms with Crippen molar-refractivity contribution < 1.29 is 23.9 Å². The predicted octanol–water partition coefficient (Wildman–Crippen LogP) is 0.876. The van der Waals surface area contributed by atoms with Crippen molar-refractivity contribution in [2.75, 3.05) is 0 Å². The predicted molar refractivity (Wildman–Crippen MR) is 90.6 cm³/mol. The third-order valence-electron chi connectivity index (χ3n) is 3.43. The van der Waals surface area contributed by atoms with E-state index in [9.17, 15) is 19.2 Å². The summed E-state index contributed by atoms with van der Waals surface area (Å²) in [6, 6.07) is 4.88. The highest BCUT2D eigenvalue weighted by Gasteiger charge is 2.29. The standard InChI is InChI=1S/C17H23N3O5/c1-9(2)13(16(23)25-11(4)14(21)20-17(18)24)19-15(22)12-7-5-10(3)6-8-12/h5-9,11,13H,1-4H3,(H,19,22)(H3,18,20,21,24). The largest absolute Gasteiger partial charge is 0.451 e. The maximum Gasteiger partial charge on any atom is 0.329 e. The first-order valence-electron chi connectivity index (χ1n) is 7.80. The normalized spacial score (nSPS) is 12.8. The number of nitrogens with two attached hydrogens (primary N) is 1. The first kappa shape index (κ1) is 20.1. The van der Waals surface area contributed by atoms with Gasteiger partial charge in [0.15, 0.2) is 6.10 Å². The summed E-state index contributed by atoms with van der Waals surface area (Å²) in [7, 11) is 0. The number of ether oxygens (including phenoxy) is 1. The van der Waals surface area contributed by atoms with E-state index in [0.29, 0.717) is 5.56 Å². The molecule has 0 heterocycles. The summed E-state index contributed by atoms with van der Waals surface area (Å²) in [5.41, 5.74) is 6.25. The summed E-state index contributed by atoms with van der Waals surface area (Å²) in [6.45, 7) is 6.66. The molecule has 25 heavy (non-hydrogen) atoms. The second kappa shape index (κ2) is 8.81.